The summed E-state index contributed by atoms with van der Waals surface area (Å²) in [7, 11) is 0. The highest BCUT2D eigenvalue weighted by atomic mass is 16.4. The maximum atomic E-state index is 10.4. The molecule has 0 radical (unpaired) electrons. The Bertz CT molecular complexity index is 678. The number of carboxylic acids is 1. The van der Waals surface area contributed by atoms with Crippen LogP contribution >= 0.6 is 0 Å². The molecule has 0 amide bonds. The van der Waals surface area contributed by atoms with Crippen molar-refractivity contribution in [3.63, 3.8) is 0 Å². The van der Waals surface area contributed by atoms with Gasteiger partial charge in [-0.3, -0.25) is 4.79 Å². The van der Waals surface area contributed by atoms with Crippen LogP contribution in [0.5, 0.6) is 0 Å². The highest BCUT2D eigenvalue weighted by Gasteiger charge is 2.12. The van der Waals surface area contributed by atoms with Crippen molar-refractivity contribution in [3.8, 4) is 11.8 Å². The van der Waals surface area contributed by atoms with E-state index in [2.05, 4.69) is 24.0 Å². The average molecular weight is 399 g/mol. The van der Waals surface area contributed by atoms with Crippen LogP contribution in [0.3, 0.4) is 0 Å². The van der Waals surface area contributed by atoms with Gasteiger partial charge in [-0.2, -0.15) is 0 Å². The fourth-order valence-corrected chi connectivity index (χ4v) is 2.29. The van der Waals surface area contributed by atoms with Gasteiger partial charge in [-0.1, -0.05) is 86.6 Å². The van der Waals surface area contributed by atoms with E-state index in [1.165, 1.54) is 11.6 Å². The highest BCUT2D eigenvalue weighted by molar-refractivity contribution is 5.66. The Labute approximate surface area is 175 Å². The third kappa shape index (κ3) is 16.1. The van der Waals surface area contributed by atoms with Crippen molar-refractivity contribution in [2.75, 3.05) is 0 Å². The Hall–Kier alpha value is -2.61. The molecule has 0 aromatic heterocycles. The van der Waals surface area contributed by atoms with Crippen molar-refractivity contribution >= 4 is 5.97 Å². The summed E-state index contributed by atoms with van der Waals surface area (Å²) >= 11 is 0. The number of benzene rings is 1. The number of carbonyl (C=O) groups is 1. The first-order chi connectivity index (χ1) is 14.1. The number of rotatable bonds is 11. The summed E-state index contributed by atoms with van der Waals surface area (Å²) in [5.74, 6) is 5.35. The maximum absolute atomic E-state index is 10.4. The molecule has 2 atom stereocenters. The summed E-state index contributed by atoms with van der Waals surface area (Å²) in [5, 5.41) is 28.0. The molecule has 0 fully saturated rings. The van der Waals surface area contributed by atoms with Crippen LogP contribution < -0.4 is 0 Å². The quantitative estimate of drug-likeness (QED) is 0.373. The van der Waals surface area contributed by atoms with Crippen molar-refractivity contribution in [3.05, 3.63) is 72.4 Å². The van der Waals surface area contributed by atoms with Gasteiger partial charge in [-0.15, -0.1) is 5.92 Å². The minimum Gasteiger partial charge on any atom is -0.481 e. The molecular weight excluding hydrogens is 364 g/mol. The van der Waals surface area contributed by atoms with Crippen LogP contribution in [0.15, 0.2) is 66.8 Å². The van der Waals surface area contributed by atoms with Gasteiger partial charge in [0.05, 0.1) is 12.2 Å². The largest absolute Gasteiger partial charge is 0.481 e. The van der Waals surface area contributed by atoms with Crippen LogP contribution in [0.4, 0.5) is 0 Å². The van der Waals surface area contributed by atoms with Crippen molar-refractivity contribution in [1.29, 1.82) is 0 Å². The third-order valence-corrected chi connectivity index (χ3v) is 3.79. The van der Waals surface area contributed by atoms with Gasteiger partial charge < -0.3 is 15.3 Å². The van der Waals surface area contributed by atoms with E-state index in [0.717, 1.165) is 12.8 Å². The number of aliphatic hydroxyl groups excluding tert-OH is 2. The van der Waals surface area contributed by atoms with Crippen molar-refractivity contribution in [1.82, 2.24) is 0 Å². The van der Waals surface area contributed by atoms with E-state index in [4.69, 9.17) is 5.11 Å². The number of aliphatic carboxylic acids is 1. The summed E-state index contributed by atoms with van der Waals surface area (Å²) in [6.45, 7) is 4.00. The number of allylic oxidation sites excluding steroid dienone is 5. The first kappa shape index (κ1) is 26.4. The molecule has 4 nitrogen and oxygen atoms in total. The molecule has 0 unspecified atom stereocenters. The highest BCUT2D eigenvalue weighted by Crippen LogP contribution is 2.06. The van der Waals surface area contributed by atoms with E-state index in [1.54, 1.807) is 12.2 Å². The molecule has 29 heavy (non-hydrogen) atoms. The van der Waals surface area contributed by atoms with Gasteiger partial charge in [-0.05, 0) is 24.8 Å². The second-order valence-electron chi connectivity index (χ2n) is 6.09. The number of hydrogen-bond acceptors (Lipinski definition) is 3. The van der Waals surface area contributed by atoms with E-state index in [-0.39, 0.29) is 12.8 Å². The number of aryl methyl sites for hydroxylation is 1. The zero-order chi connectivity index (χ0) is 21.7. The number of aliphatic hydroxyl groups is 2. The normalized spacial score (nSPS) is 13.0. The van der Waals surface area contributed by atoms with Gasteiger partial charge in [0.25, 0.3) is 0 Å². The van der Waals surface area contributed by atoms with Gasteiger partial charge in [-0.25, -0.2) is 0 Å². The molecule has 0 saturated carbocycles. The van der Waals surface area contributed by atoms with Gasteiger partial charge in [0.15, 0.2) is 0 Å². The van der Waals surface area contributed by atoms with Crippen molar-refractivity contribution in [2.24, 2.45) is 0 Å². The molecular formula is C25H34O4. The molecule has 158 valence electrons. The molecule has 1 aromatic carbocycles. The smallest absolute Gasteiger partial charge is 0.303 e. The fraction of sp³-hybridized carbons (Fsp3) is 0.400. The van der Waals surface area contributed by atoms with Crippen LogP contribution in [-0.4, -0.2) is 33.5 Å². The van der Waals surface area contributed by atoms with Crippen molar-refractivity contribution in [2.45, 2.75) is 64.6 Å². The Morgan fingerprint density at radius 1 is 1.03 bits per heavy atom. The van der Waals surface area contributed by atoms with E-state index in [1.807, 2.05) is 50.3 Å². The molecule has 0 spiro atoms. The van der Waals surface area contributed by atoms with Crippen LogP contribution in [0, 0.1) is 11.8 Å². The SMILES string of the molecule is CC.O=C(O)CCC[C@H](O)[C@H](O)/C=C/C=C/C=C\CC#CCCc1ccccc1. The summed E-state index contributed by atoms with van der Waals surface area (Å²) in [6, 6.07) is 10.3. The lowest BCUT2D eigenvalue weighted by Gasteiger charge is -2.13. The van der Waals surface area contributed by atoms with E-state index in [9.17, 15) is 15.0 Å². The van der Waals surface area contributed by atoms with Crippen molar-refractivity contribution < 1.29 is 20.1 Å². The number of hydrogen-bond donors (Lipinski definition) is 3. The summed E-state index contributed by atoms with van der Waals surface area (Å²) in [5.41, 5.74) is 1.30. The predicted molar refractivity (Wildman–Crippen MR) is 119 cm³/mol. The molecule has 4 heteroatoms. The van der Waals surface area contributed by atoms with Gasteiger partial charge in [0, 0.05) is 19.3 Å². The van der Waals surface area contributed by atoms with Gasteiger partial charge >= 0.3 is 5.97 Å². The zero-order valence-corrected chi connectivity index (χ0v) is 17.5. The standard InChI is InChI=1S/C23H28O4.C2H6/c24-21(22(25)18-13-19-23(26)27)17-12-7-5-3-1-2-4-6-9-14-20-15-10-8-11-16-20;1-2/h1,3,5,7-8,10-12,15-17,21-22,24-25H,2,9,13-14,18-19H2,(H,26,27);1-2H3/b3-1-,7-5+,17-12+;/t21-,22+;/m1./s1. The first-order valence-corrected chi connectivity index (χ1v) is 10.2. The second-order valence-corrected chi connectivity index (χ2v) is 6.09. The van der Waals surface area contributed by atoms with Gasteiger partial charge in [0.2, 0.25) is 0 Å². The van der Waals surface area contributed by atoms with Crippen LogP contribution in [0.1, 0.15) is 51.5 Å². The first-order valence-electron chi connectivity index (χ1n) is 10.2. The summed E-state index contributed by atoms with van der Waals surface area (Å²) in [6.07, 6.45) is 11.7. The third-order valence-electron chi connectivity index (χ3n) is 3.79. The maximum Gasteiger partial charge on any atom is 0.303 e. The molecule has 1 rings (SSSR count). The minimum absolute atomic E-state index is 0.00661. The van der Waals surface area contributed by atoms with Crippen LogP contribution in [-0.2, 0) is 11.2 Å². The molecule has 0 heterocycles. The van der Waals surface area contributed by atoms with E-state index in [0.29, 0.717) is 12.8 Å². The lowest BCUT2D eigenvalue weighted by molar-refractivity contribution is -0.137. The Morgan fingerprint density at radius 2 is 1.72 bits per heavy atom. The molecule has 0 aliphatic rings. The topological polar surface area (TPSA) is 77.8 Å². The molecule has 3 N–H and O–H groups in total. The Morgan fingerprint density at radius 3 is 2.41 bits per heavy atom. The molecule has 0 bridgehead atoms. The Balaban J connectivity index is 0.00000379. The average Bonchev–Trinajstić information content (AvgIpc) is 2.73. The van der Waals surface area contributed by atoms with E-state index >= 15 is 0 Å². The Kier molecular flexibility index (Phi) is 17.1. The van der Waals surface area contributed by atoms with Crippen LogP contribution in [0.2, 0.25) is 0 Å². The minimum atomic E-state index is -0.997. The summed E-state index contributed by atoms with van der Waals surface area (Å²) in [4.78, 5) is 10.4. The molecule has 0 aliphatic heterocycles. The lowest BCUT2D eigenvalue weighted by Crippen LogP contribution is -2.23. The fourth-order valence-electron chi connectivity index (χ4n) is 2.29. The molecule has 0 saturated heterocycles. The van der Waals surface area contributed by atoms with Crippen LogP contribution in [0.25, 0.3) is 0 Å². The monoisotopic (exact) mass is 398 g/mol. The lowest BCUT2D eigenvalue weighted by atomic mass is 10.1. The zero-order valence-electron chi connectivity index (χ0n) is 17.5. The predicted octanol–water partition coefficient (Wildman–Crippen LogP) is 4.68. The number of carboxylic acid groups (broad SMARTS) is 1. The summed E-state index contributed by atoms with van der Waals surface area (Å²) < 4.78 is 0. The second kappa shape index (κ2) is 18.7. The molecule has 1 aromatic rings. The van der Waals surface area contributed by atoms with E-state index < -0.39 is 18.2 Å². The van der Waals surface area contributed by atoms with Gasteiger partial charge in [0.1, 0.15) is 0 Å². The molecule has 0 aliphatic carbocycles.